The topological polar surface area (TPSA) is 27.1 Å². The van der Waals surface area contributed by atoms with Crippen LogP contribution in [0.5, 0.6) is 0 Å². The molecular formula is C9H18N2. The Labute approximate surface area is 69.1 Å². The van der Waals surface area contributed by atoms with E-state index in [9.17, 15) is 0 Å². The first-order valence-corrected chi connectivity index (χ1v) is 4.43. The molecule has 2 heteroatoms. The van der Waals surface area contributed by atoms with E-state index in [1.165, 1.54) is 12.8 Å². The third kappa shape index (κ3) is 2.52. The predicted octanol–water partition coefficient (Wildman–Crippen LogP) is 2.10. The summed E-state index contributed by atoms with van der Waals surface area (Å²) in [5.74, 6) is 1.41. The van der Waals surface area contributed by atoms with Gasteiger partial charge in [0.1, 0.15) is 0 Å². The summed E-state index contributed by atoms with van der Waals surface area (Å²) in [7, 11) is 0. The average Bonchev–Trinajstić information content (AvgIpc) is 2.63. The molecule has 0 aromatic carbocycles. The summed E-state index contributed by atoms with van der Waals surface area (Å²) in [5, 5.41) is 7.54. The Morgan fingerprint density at radius 2 is 2.09 bits per heavy atom. The van der Waals surface area contributed by atoms with Gasteiger partial charge in [-0.3, -0.25) is 5.41 Å². The van der Waals surface area contributed by atoms with Crippen molar-refractivity contribution in [3.8, 4) is 0 Å². The lowest BCUT2D eigenvalue weighted by molar-refractivity contribution is 0.353. The lowest BCUT2D eigenvalue weighted by atomic mass is 10.2. The highest BCUT2D eigenvalue weighted by atomic mass is 15.2. The van der Waals surface area contributed by atoms with E-state index in [0.717, 1.165) is 12.4 Å². The fourth-order valence-electron chi connectivity index (χ4n) is 1.34. The van der Waals surface area contributed by atoms with Crippen molar-refractivity contribution in [2.75, 3.05) is 6.54 Å². The van der Waals surface area contributed by atoms with Crippen LogP contribution in [0.15, 0.2) is 0 Å². The van der Waals surface area contributed by atoms with Crippen LogP contribution < -0.4 is 0 Å². The van der Waals surface area contributed by atoms with E-state index in [-0.39, 0.29) is 0 Å². The van der Waals surface area contributed by atoms with E-state index in [1.807, 2.05) is 6.92 Å². The Balaban J connectivity index is 2.38. The first-order chi connectivity index (χ1) is 5.11. The number of nitrogens with zero attached hydrogens (tertiary/aromatic N) is 1. The van der Waals surface area contributed by atoms with Crippen molar-refractivity contribution in [2.24, 2.45) is 5.92 Å². The molecule has 0 heterocycles. The van der Waals surface area contributed by atoms with Gasteiger partial charge in [-0.1, -0.05) is 13.8 Å². The molecule has 0 aromatic heterocycles. The van der Waals surface area contributed by atoms with Crippen molar-refractivity contribution in [1.82, 2.24) is 4.90 Å². The second-order valence-corrected chi connectivity index (χ2v) is 3.86. The molecule has 64 valence electrons. The van der Waals surface area contributed by atoms with Crippen LogP contribution in [-0.4, -0.2) is 23.3 Å². The molecule has 1 fully saturated rings. The van der Waals surface area contributed by atoms with E-state index in [0.29, 0.717) is 12.0 Å². The van der Waals surface area contributed by atoms with E-state index in [1.54, 1.807) is 0 Å². The summed E-state index contributed by atoms with van der Waals surface area (Å²) in [5.41, 5.74) is 0. The number of rotatable bonds is 3. The number of hydrogen-bond donors (Lipinski definition) is 1. The van der Waals surface area contributed by atoms with Gasteiger partial charge in [-0.15, -0.1) is 0 Å². The van der Waals surface area contributed by atoms with Crippen LogP contribution in [0.25, 0.3) is 0 Å². The quantitative estimate of drug-likeness (QED) is 0.489. The van der Waals surface area contributed by atoms with Crippen LogP contribution in [0.3, 0.4) is 0 Å². The predicted molar refractivity (Wildman–Crippen MR) is 48.0 cm³/mol. The van der Waals surface area contributed by atoms with Crippen LogP contribution in [0.1, 0.15) is 33.6 Å². The van der Waals surface area contributed by atoms with Gasteiger partial charge in [-0.2, -0.15) is 0 Å². The lowest BCUT2D eigenvalue weighted by Crippen LogP contribution is -2.33. The minimum Gasteiger partial charge on any atom is -0.358 e. The van der Waals surface area contributed by atoms with Crippen molar-refractivity contribution in [2.45, 2.75) is 39.7 Å². The summed E-state index contributed by atoms with van der Waals surface area (Å²) in [6.45, 7) is 7.36. The monoisotopic (exact) mass is 154 g/mol. The lowest BCUT2D eigenvalue weighted by Gasteiger charge is -2.24. The Morgan fingerprint density at radius 1 is 1.55 bits per heavy atom. The molecule has 1 N–H and O–H groups in total. The molecule has 0 spiro atoms. The molecule has 0 aromatic rings. The second kappa shape index (κ2) is 3.24. The van der Waals surface area contributed by atoms with E-state index in [2.05, 4.69) is 18.7 Å². The summed E-state index contributed by atoms with van der Waals surface area (Å²) < 4.78 is 0. The maximum absolute atomic E-state index is 7.54. The smallest absolute Gasteiger partial charge is 0.0928 e. The molecule has 1 aliphatic carbocycles. The molecule has 0 atom stereocenters. The fourth-order valence-corrected chi connectivity index (χ4v) is 1.34. The molecular weight excluding hydrogens is 136 g/mol. The van der Waals surface area contributed by atoms with Gasteiger partial charge < -0.3 is 4.90 Å². The van der Waals surface area contributed by atoms with E-state index in [4.69, 9.17) is 5.41 Å². The van der Waals surface area contributed by atoms with Crippen LogP contribution in [0, 0.1) is 11.3 Å². The van der Waals surface area contributed by atoms with Gasteiger partial charge in [0, 0.05) is 12.6 Å². The number of nitrogens with one attached hydrogen (secondary N) is 1. The third-order valence-corrected chi connectivity index (χ3v) is 1.98. The molecule has 1 rings (SSSR count). The fraction of sp³-hybridized carbons (Fsp3) is 0.889. The van der Waals surface area contributed by atoms with Crippen molar-refractivity contribution in [3.05, 3.63) is 0 Å². The highest BCUT2D eigenvalue weighted by Crippen LogP contribution is 2.27. The molecule has 0 saturated heterocycles. The first-order valence-electron chi connectivity index (χ1n) is 4.43. The Morgan fingerprint density at radius 3 is 2.36 bits per heavy atom. The molecule has 11 heavy (non-hydrogen) atoms. The average molecular weight is 154 g/mol. The zero-order valence-corrected chi connectivity index (χ0v) is 7.72. The molecule has 1 saturated carbocycles. The molecule has 0 unspecified atom stereocenters. The van der Waals surface area contributed by atoms with Crippen LogP contribution >= 0.6 is 0 Å². The summed E-state index contributed by atoms with van der Waals surface area (Å²) in [6, 6.07) is 0.704. The van der Waals surface area contributed by atoms with Gasteiger partial charge >= 0.3 is 0 Å². The minimum atomic E-state index is 0.677. The first kappa shape index (κ1) is 8.57. The minimum absolute atomic E-state index is 0.677. The Kier molecular flexibility index (Phi) is 2.53. The van der Waals surface area contributed by atoms with Crippen molar-refractivity contribution in [1.29, 1.82) is 5.41 Å². The van der Waals surface area contributed by atoms with Gasteiger partial charge in [-0.25, -0.2) is 0 Å². The molecule has 2 nitrogen and oxygen atoms in total. The highest BCUT2D eigenvalue weighted by molar-refractivity contribution is 5.76. The van der Waals surface area contributed by atoms with Gasteiger partial charge in [0.05, 0.1) is 5.84 Å². The van der Waals surface area contributed by atoms with Crippen LogP contribution in [-0.2, 0) is 0 Å². The summed E-state index contributed by atoms with van der Waals surface area (Å²) in [4.78, 5) is 2.23. The molecule has 1 aliphatic rings. The Bertz CT molecular complexity index is 148. The largest absolute Gasteiger partial charge is 0.358 e. The maximum Gasteiger partial charge on any atom is 0.0928 e. The van der Waals surface area contributed by atoms with Gasteiger partial charge in [0.25, 0.3) is 0 Å². The van der Waals surface area contributed by atoms with Crippen LogP contribution in [0.2, 0.25) is 0 Å². The standard InChI is InChI=1S/C9H18N2/c1-7(2)6-11(8(3)10)9-4-5-9/h7,9-10H,4-6H2,1-3H3. The maximum atomic E-state index is 7.54. The normalized spacial score (nSPS) is 17.1. The Hall–Kier alpha value is -0.530. The van der Waals surface area contributed by atoms with Gasteiger partial charge in [-0.05, 0) is 25.7 Å². The van der Waals surface area contributed by atoms with Crippen molar-refractivity contribution in [3.63, 3.8) is 0 Å². The van der Waals surface area contributed by atoms with E-state index >= 15 is 0 Å². The number of amidine groups is 1. The highest BCUT2D eigenvalue weighted by Gasteiger charge is 2.29. The zero-order valence-electron chi connectivity index (χ0n) is 7.72. The summed E-state index contributed by atoms with van der Waals surface area (Å²) >= 11 is 0. The van der Waals surface area contributed by atoms with Crippen molar-refractivity contribution < 1.29 is 0 Å². The van der Waals surface area contributed by atoms with E-state index < -0.39 is 0 Å². The zero-order chi connectivity index (χ0) is 8.43. The van der Waals surface area contributed by atoms with Crippen molar-refractivity contribution >= 4 is 5.84 Å². The summed E-state index contributed by atoms with van der Waals surface area (Å²) in [6.07, 6.45) is 2.59. The molecule has 0 radical (unpaired) electrons. The van der Waals surface area contributed by atoms with Gasteiger partial charge in [0.2, 0.25) is 0 Å². The molecule has 0 amide bonds. The number of hydrogen-bond acceptors (Lipinski definition) is 1. The second-order valence-electron chi connectivity index (χ2n) is 3.86. The van der Waals surface area contributed by atoms with Crippen LogP contribution in [0.4, 0.5) is 0 Å². The molecule has 0 bridgehead atoms. The SMILES string of the molecule is CC(=N)N(CC(C)C)C1CC1. The van der Waals surface area contributed by atoms with Gasteiger partial charge in [0.15, 0.2) is 0 Å². The third-order valence-electron chi connectivity index (χ3n) is 1.98. The molecule has 0 aliphatic heterocycles.